The van der Waals surface area contributed by atoms with Crippen LogP contribution in [0.3, 0.4) is 0 Å². The molecule has 0 aliphatic heterocycles. The average molecular weight is 539 g/mol. The molecule has 0 N–H and O–H groups in total. The Morgan fingerprint density at radius 3 is 1.49 bits per heavy atom. The predicted octanol–water partition coefficient (Wildman–Crippen LogP) is 7.39. The molecular weight excluding hydrogens is 501 g/mol. The molecule has 0 radical (unpaired) electrons. The highest BCUT2D eigenvalue weighted by Gasteiger charge is 2.50. The molecule has 1 nitrogen and oxygen atoms in total. The summed E-state index contributed by atoms with van der Waals surface area (Å²) in [5.41, 5.74) is 0. The zero-order valence-electron chi connectivity index (χ0n) is 22.6. The van der Waals surface area contributed by atoms with Crippen molar-refractivity contribution in [2.24, 2.45) is 0 Å². The fourth-order valence-corrected chi connectivity index (χ4v) is 13.9. The minimum atomic E-state index is -2.58. The van der Waals surface area contributed by atoms with Crippen LogP contribution in [-0.2, 0) is 4.43 Å². The van der Waals surface area contributed by atoms with Crippen molar-refractivity contribution in [2.75, 3.05) is 6.61 Å². The highest BCUT2D eigenvalue weighted by molar-refractivity contribution is 8.05. The Bertz CT molecular complexity index is 1240. The molecule has 0 unspecified atom stereocenters. The van der Waals surface area contributed by atoms with Crippen molar-refractivity contribution >= 4 is 43.7 Å². The number of benzene rings is 4. The van der Waals surface area contributed by atoms with Gasteiger partial charge >= 0.3 is 0 Å². The van der Waals surface area contributed by atoms with Gasteiger partial charge in [-0.25, -0.2) is 0 Å². The molecule has 0 amide bonds. The van der Waals surface area contributed by atoms with Crippen molar-refractivity contribution < 1.29 is 4.43 Å². The Hall–Kier alpha value is -2.64. The first-order valence-corrected chi connectivity index (χ1v) is 18.7. The van der Waals surface area contributed by atoms with E-state index in [-0.39, 0.29) is 5.04 Å². The molecule has 0 spiro atoms. The smallest absolute Gasteiger partial charge is 0.261 e. The number of thioether (sulfide) groups is 1. The molecule has 0 aromatic heterocycles. The summed E-state index contributed by atoms with van der Waals surface area (Å²) >= 11 is 1.90. The fourth-order valence-electron chi connectivity index (χ4n) is 5.04. The summed E-state index contributed by atoms with van der Waals surface area (Å²) < 4.78 is 8.67. The van der Waals surface area contributed by atoms with Crippen LogP contribution < -0.4 is 15.6 Å². The van der Waals surface area contributed by atoms with E-state index in [1.165, 1.54) is 25.0 Å². The van der Waals surface area contributed by atoms with Crippen LogP contribution in [0, 0.1) is 0 Å². The van der Waals surface area contributed by atoms with Crippen LogP contribution in [0.5, 0.6) is 0 Å². The molecule has 190 valence electrons. The van der Waals surface area contributed by atoms with Crippen LogP contribution in [0.2, 0.25) is 18.1 Å². The Morgan fingerprint density at radius 1 is 0.649 bits per heavy atom. The van der Waals surface area contributed by atoms with E-state index in [1.54, 1.807) is 0 Å². The van der Waals surface area contributed by atoms with Crippen LogP contribution in [0.15, 0.2) is 137 Å². The average Bonchev–Trinajstić information content (AvgIpc) is 2.92. The summed E-state index contributed by atoms with van der Waals surface area (Å²) in [5, 5.41) is 4.04. The molecule has 0 aliphatic rings. The van der Waals surface area contributed by atoms with Crippen LogP contribution >= 0.6 is 11.8 Å². The highest BCUT2D eigenvalue weighted by Crippen LogP contribution is 2.38. The third-order valence-corrected chi connectivity index (χ3v) is 18.0. The molecule has 0 saturated heterocycles. The number of rotatable bonds is 9. The second-order valence-corrected chi connectivity index (χ2v) is 21.1. The lowest BCUT2D eigenvalue weighted by atomic mass is 10.2. The Balaban J connectivity index is 1.77. The van der Waals surface area contributed by atoms with Crippen molar-refractivity contribution in [3.8, 4) is 0 Å². The summed E-state index contributed by atoms with van der Waals surface area (Å²) in [6.07, 6.45) is 2.39. The lowest BCUT2D eigenvalue weighted by molar-refractivity contribution is 0.339. The van der Waals surface area contributed by atoms with E-state index >= 15 is 0 Å². The van der Waals surface area contributed by atoms with Crippen molar-refractivity contribution in [1.29, 1.82) is 0 Å². The molecule has 4 aromatic carbocycles. The van der Waals surface area contributed by atoms with E-state index in [9.17, 15) is 0 Å². The van der Waals surface area contributed by atoms with Crippen LogP contribution in [0.4, 0.5) is 0 Å². The van der Waals surface area contributed by atoms with Crippen LogP contribution in [0.25, 0.3) is 0 Å². The van der Waals surface area contributed by atoms with Crippen molar-refractivity contribution in [3.63, 3.8) is 0 Å². The van der Waals surface area contributed by atoms with E-state index in [2.05, 4.69) is 161 Å². The van der Waals surface area contributed by atoms with Gasteiger partial charge in [0.05, 0.1) is 6.61 Å². The van der Waals surface area contributed by atoms with Crippen molar-refractivity contribution in [2.45, 2.75) is 43.8 Å². The zero-order chi connectivity index (χ0) is 26.4. The Kier molecular flexibility index (Phi) is 8.76. The monoisotopic (exact) mass is 538 g/mol. The van der Waals surface area contributed by atoms with Crippen LogP contribution in [0.1, 0.15) is 20.8 Å². The van der Waals surface area contributed by atoms with Gasteiger partial charge in [0.25, 0.3) is 8.32 Å². The van der Waals surface area contributed by atoms with E-state index < -0.39 is 16.4 Å². The Morgan fingerprint density at radius 2 is 1.05 bits per heavy atom. The zero-order valence-corrected chi connectivity index (χ0v) is 25.5. The quantitative estimate of drug-likeness (QED) is 0.162. The van der Waals surface area contributed by atoms with Crippen molar-refractivity contribution in [1.82, 2.24) is 0 Å². The second kappa shape index (κ2) is 11.8. The first-order chi connectivity index (χ1) is 17.7. The SMILES string of the molecule is CC(C)(C)[Si](OC/C=C(\Sc1ccccc1)[Si](C)(C)c1ccccc1)(c1ccccc1)c1ccccc1. The minimum Gasteiger partial charge on any atom is -0.404 e. The van der Waals surface area contributed by atoms with Crippen LogP contribution in [-0.4, -0.2) is 23.0 Å². The summed E-state index contributed by atoms with van der Waals surface area (Å²) in [4.78, 5) is 1.27. The van der Waals surface area contributed by atoms with Gasteiger partial charge in [0.2, 0.25) is 0 Å². The van der Waals surface area contributed by atoms with E-state index in [4.69, 9.17) is 4.43 Å². The number of hydrogen-bond acceptors (Lipinski definition) is 2. The van der Waals surface area contributed by atoms with Gasteiger partial charge in [0.15, 0.2) is 0 Å². The van der Waals surface area contributed by atoms with Crippen molar-refractivity contribution in [3.05, 3.63) is 132 Å². The molecule has 0 aliphatic carbocycles. The lowest BCUT2D eigenvalue weighted by Gasteiger charge is -2.43. The number of hydrogen-bond donors (Lipinski definition) is 0. The highest BCUT2D eigenvalue weighted by atomic mass is 32.2. The molecule has 4 heteroatoms. The summed E-state index contributed by atoms with van der Waals surface area (Å²) in [6.45, 7) is 12.5. The standard InChI is InChI=1S/C33H38OSSi2/c1-33(2,3)37(30-22-14-8-15-23-30,31-24-16-9-17-25-31)34-27-26-32(35-28-18-10-6-11-19-28)36(4,5)29-20-12-7-13-21-29/h6-26H,27H2,1-5H3/b32-26+. The first-order valence-electron chi connectivity index (χ1n) is 13.0. The normalized spacial score (nSPS) is 12.9. The van der Waals surface area contributed by atoms with Gasteiger partial charge in [-0.15, -0.1) is 0 Å². The Labute approximate surface area is 229 Å². The molecule has 0 heterocycles. The topological polar surface area (TPSA) is 9.23 Å². The van der Waals surface area contributed by atoms with Gasteiger partial charge in [-0.3, -0.25) is 0 Å². The van der Waals surface area contributed by atoms with Gasteiger partial charge in [-0.1, -0.05) is 166 Å². The van der Waals surface area contributed by atoms with E-state index in [0.29, 0.717) is 6.61 Å². The first kappa shape index (κ1) is 27.4. The van der Waals surface area contributed by atoms with Gasteiger partial charge in [0.1, 0.15) is 8.07 Å². The maximum atomic E-state index is 7.24. The minimum absolute atomic E-state index is 0.0390. The molecular formula is C33H38OSSi2. The van der Waals surface area contributed by atoms with Gasteiger partial charge in [-0.05, 0) is 32.1 Å². The summed E-state index contributed by atoms with van der Waals surface area (Å²) in [6, 6.07) is 43.6. The third kappa shape index (κ3) is 6.10. The molecule has 0 bridgehead atoms. The van der Waals surface area contributed by atoms with Gasteiger partial charge in [0, 0.05) is 4.90 Å². The predicted molar refractivity (Wildman–Crippen MR) is 168 cm³/mol. The fraction of sp³-hybridized carbons (Fsp3) is 0.212. The third-order valence-electron chi connectivity index (χ3n) is 7.07. The largest absolute Gasteiger partial charge is 0.404 e. The van der Waals surface area contributed by atoms with Gasteiger partial charge < -0.3 is 4.43 Å². The van der Waals surface area contributed by atoms with Gasteiger partial charge in [-0.2, -0.15) is 0 Å². The summed E-state index contributed by atoms with van der Waals surface area (Å²) in [7, 11) is -4.52. The lowest BCUT2D eigenvalue weighted by Crippen LogP contribution is -2.66. The molecule has 37 heavy (non-hydrogen) atoms. The maximum absolute atomic E-state index is 7.24. The summed E-state index contributed by atoms with van der Waals surface area (Å²) in [5.74, 6) is 0. The second-order valence-electron chi connectivity index (χ2n) is 10.9. The molecule has 0 fully saturated rings. The van der Waals surface area contributed by atoms with E-state index in [1.807, 2.05) is 11.8 Å². The maximum Gasteiger partial charge on any atom is 0.261 e. The molecule has 4 rings (SSSR count). The molecule has 4 aromatic rings. The molecule has 0 atom stereocenters. The van der Waals surface area contributed by atoms with E-state index in [0.717, 1.165) is 0 Å². The molecule has 0 saturated carbocycles.